The van der Waals surface area contributed by atoms with E-state index >= 15 is 0 Å². The van der Waals surface area contributed by atoms with Crippen molar-refractivity contribution < 1.29 is 14.3 Å². The van der Waals surface area contributed by atoms with E-state index in [1.807, 2.05) is 14.0 Å². The average Bonchev–Trinajstić information content (AvgIpc) is 2.43. The fourth-order valence-electron chi connectivity index (χ4n) is 1.79. The number of carbonyl (C=O) groups excluding carboxylic acids is 1. The third kappa shape index (κ3) is 4.13. The molecule has 5 heteroatoms. The van der Waals surface area contributed by atoms with Crippen LogP contribution < -0.4 is 20.1 Å². The van der Waals surface area contributed by atoms with E-state index < -0.39 is 0 Å². The van der Waals surface area contributed by atoms with E-state index in [9.17, 15) is 4.79 Å². The van der Waals surface area contributed by atoms with Crippen LogP contribution in [0.4, 0.5) is 0 Å². The minimum absolute atomic E-state index is 0.118. The Kier molecular flexibility index (Phi) is 6.15. The first-order chi connectivity index (χ1) is 9.13. The lowest BCUT2D eigenvalue weighted by molar-refractivity contribution is 0.0952. The highest BCUT2D eigenvalue weighted by atomic mass is 16.5. The molecule has 0 bridgehead atoms. The van der Waals surface area contributed by atoms with E-state index in [4.69, 9.17) is 9.47 Å². The van der Waals surface area contributed by atoms with Gasteiger partial charge in [-0.3, -0.25) is 4.79 Å². The predicted molar refractivity (Wildman–Crippen MR) is 75.2 cm³/mol. The summed E-state index contributed by atoms with van der Waals surface area (Å²) in [6.07, 6.45) is 0.891. The molecule has 1 aromatic rings. The van der Waals surface area contributed by atoms with Crippen molar-refractivity contribution in [2.75, 3.05) is 34.4 Å². The molecule has 0 fully saturated rings. The SMILES string of the molecule is CNCCCNC(=O)c1cc(OC)c(C)c(OC)c1. The van der Waals surface area contributed by atoms with Gasteiger partial charge in [-0.25, -0.2) is 0 Å². The van der Waals surface area contributed by atoms with Gasteiger partial charge in [0.25, 0.3) is 5.91 Å². The van der Waals surface area contributed by atoms with Gasteiger partial charge >= 0.3 is 0 Å². The van der Waals surface area contributed by atoms with Crippen LogP contribution in [0, 0.1) is 6.92 Å². The fraction of sp³-hybridized carbons (Fsp3) is 0.500. The van der Waals surface area contributed by atoms with Crippen LogP contribution in [0.1, 0.15) is 22.3 Å². The monoisotopic (exact) mass is 266 g/mol. The molecule has 0 aliphatic heterocycles. The van der Waals surface area contributed by atoms with Crippen molar-refractivity contribution in [3.63, 3.8) is 0 Å². The van der Waals surface area contributed by atoms with E-state index in [1.165, 1.54) is 0 Å². The van der Waals surface area contributed by atoms with Crippen molar-refractivity contribution in [2.24, 2.45) is 0 Å². The zero-order chi connectivity index (χ0) is 14.3. The third-order valence-electron chi connectivity index (χ3n) is 2.90. The van der Waals surface area contributed by atoms with E-state index in [0.717, 1.165) is 18.5 Å². The molecule has 106 valence electrons. The number of amides is 1. The Morgan fingerprint density at radius 1 is 1.16 bits per heavy atom. The van der Waals surface area contributed by atoms with E-state index in [-0.39, 0.29) is 5.91 Å². The molecule has 0 heterocycles. The van der Waals surface area contributed by atoms with Crippen molar-refractivity contribution in [2.45, 2.75) is 13.3 Å². The second-order valence-electron chi connectivity index (χ2n) is 4.22. The Labute approximate surface area is 114 Å². The summed E-state index contributed by atoms with van der Waals surface area (Å²) >= 11 is 0. The Hall–Kier alpha value is -1.75. The van der Waals surface area contributed by atoms with Crippen LogP contribution in [0.3, 0.4) is 0 Å². The van der Waals surface area contributed by atoms with Crippen LogP contribution >= 0.6 is 0 Å². The first-order valence-electron chi connectivity index (χ1n) is 6.29. The highest BCUT2D eigenvalue weighted by molar-refractivity contribution is 5.95. The van der Waals surface area contributed by atoms with E-state index in [0.29, 0.717) is 23.6 Å². The molecule has 0 saturated heterocycles. The van der Waals surface area contributed by atoms with Crippen LogP contribution in [-0.2, 0) is 0 Å². The lowest BCUT2D eigenvalue weighted by atomic mass is 10.1. The number of carbonyl (C=O) groups is 1. The smallest absolute Gasteiger partial charge is 0.251 e. The lowest BCUT2D eigenvalue weighted by Gasteiger charge is -2.12. The molecule has 19 heavy (non-hydrogen) atoms. The molecule has 0 saturated carbocycles. The average molecular weight is 266 g/mol. The van der Waals surface area contributed by atoms with Gasteiger partial charge in [0, 0.05) is 17.7 Å². The standard InChI is InChI=1S/C14H22N2O3/c1-10-12(18-3)8-11(9-13(10)19-4)14(17)16-7-5-6-15-2/h8-9,15H,5-7H2,1-4H3,(H,16,17). The second kappa shape index (κ2) is 7.63. The number of methoxy groups -OCH3 is 2. The van der Waals surface area contributed by atoms with Gasteiger partial charge in [0.2, 0.25) is 0 Å². The summed E-state index contributed by atoms with van der Waals surface area (Å²) in [4.78, 5) is 12.0. The summed E-state index contributed by atoms with van der Waals surface area (Å²) in [6.45, 7) is 3.41. The van der Waals surface area contributed by atoms with Crippen LogP contribution in [0.5, 0.6) is 11.5 Å². The third-order valence-corrected chi connectivity index (χ3v) is 2.90. The number of ether oxygens (including phenoxy) is 2. The summed E-state index contributed by atoms with van der Waals surface area (Å²) < 4.78 is 10.5. The highest BCUT2D eigenvalue weighted by Crippen LogP contribution is 2.29. The summed E-state index contributed by atoms with van der Waals surface area (Å²) in [5.41, 5.74) is 1.43. The maximum absolute atomic E-state index is 12.0. The van der Waals surface area contributed by atoms with Crippen LogP contribution in [0.2, 0.25) is 0 Å². The Balaban J connectivity index is 2.79. The van der Waals surface area contributed by atoms with Gasteiger partial charge < -0.3 is 20.1 Å². The molecule has 0 aromatic heterocycles. The minimum Gasteiger partial charge on any atom is -0.496 e. The van der Waals surface area contributed by atoms with Gasteiger partial charge in [-0.1, -0.05) is 0 Å². The molecule has 0 unspecified atom stereocenters. The van der Waals surface area contributed by atoms with Crippen molar-refractivity contribution in [1.82, 2.24) is 10.6 Å². The number of benzene rings is 1. The summed E-state index contributed by atoms with van der Waals surface area (Å²) in [7, 11) is 5.05. The van der Waals surface area contributed by atoms with Crippen molar-refractivity contribution >= 4 is 5.91 Å². The zero-order valence-corrected chi connectivity index (χ0v) is 12.0. The maximum atomic E-state index is 12.0. The van der Waals surface area contributed by atoms with Gasteiger partial charge in [-0.15, -0.1) is 0 Å². The molecule has 1 aromatic carbocycles. The van der Waals surface area contributed by atoms with Crippen molar-refractivity contribution in [1.29, 1.82) is 0 Å². The van der Waals surface area contributed by atoms with Gasteiger partial charge in [0.15, 0.2) is 0 Å². The molecule has 1 amide bonds. The van der Waals surface area contributed by atoms with Crippen LogP contribution in [0.15, 0.2) is 12.1 Å². The Morgan fingerprint density at radius 3 is 2.21 bits per heavy atom. The Bertz CT molecular complexity index is 408. The summed E-state index contributed by atoms with van der Waals surface area (Å²) in [5, 5.41) is 5.90. The van der Waals surface area contributed by atoms with Gasteiger partial charge in [0.05, 0.1) is 14.2 Å². The number of hydrogen-bond donors (Lipinski definition) is 2. The van der Waals surface area contributed by atoms with Crippen molar-refractivity contribution in [3.05, 3.63) is 23.3 Å². The van der Waals surface area contributed by atoms with Crippen LogP contribution in [0.25, 0.3) is 0 Å². The van der Waals surface area contributed by atoms with E-state index in [1.54, 1.807) is 26.4 Å². The summed E-state index contributed by atoms with van der Waals surface area (Å²) in [6, 6.07) is 3.45. The van der Waals surface area contributed by atoms with E-state index in [2.05, 4.69) is 10.6 Å². The van der Waals surface area contributed by atoms with Crippen LogP contribution in [-0.4, -0.2) is 40.3 Å². The molecule has 0 atom stereocenters. The first kappa shape index (κ1) is 15.3. The molecule has 1 rings (SSSR count). The summed E-state index contributed by atoms with van der Waals surface area (Å²) in [5.74, 6) is 1.19. The molecule has 0 aliphatic carbocycles. The quantitative estimate of drug-likeness (QED) is 0.731. The maximum Gasteiger partial charge on any atom is 0.251 e. The number of rotatable bonds is 7. The molecular formula is C14H22N2O3. The highest BCUT2D eigenvalue weighted by Gasteiger charge is 2.13. The largest absolute Gasteiger partial charge is 0.496 e. The predicted octanol–water partition coefficient (Wildman–Crippen LogP) is 1.35. The molecule has 0 aliphatic rings. The second-order valence-corrected chi connectivity index (χ2v) is 4.22. The molecule has 0 spiro atoms. The molecular weight excluding hydrogens is 244 g/mol. The Morgan fingerprint density at radius 2 is 1.74 bits per heavy atom. The molecule has 0 radical (unpaired) electrons. The minimum atomic E-state index is -0.118. The van der Waals surface area contributed by atoms with Gasteiger partial charge in [0.1, 0.15) is 11.5 Å². The fourth-order valence-corrected chi connectivity index (χ4v) is 1.79. The number of nitrogens with one attached hydrogen (secondary N) is 2. The number of hydrogen-bond acceptors (Lipinski definition) is 4. The molecule has 2 N–H and O–H groups in total. The van der Waals surface area contributed by atoms with Gasteiger partial charge in [-0.2, -0.15) is 0 Å². The van der Waals surface area contributed by atoms with Crippen molar-refractivity contribution in [3.8, 4) is 11.5 Å². The lowest BCUT2D eigenvalue weighted by Crippen LogP contribution is -2.26. The zero-order valence-electron chi connectivity index (χ0n) is 12.0. The topological polar surface area (TPSA) is 59.6 Å². The van der Waals surface area contributed by atoms with Gasteiger partial charge in [-0.05, 0) is 39.1 Å². The first-order valence-corrected chi connectivity index (χ1v) is 6.29. The molecule has 5 nitrogen and oxygen atoms in total. The normalized spacial score (nSPS) is 10.1.